The van der Waals surface area contributed by atoms with Crippen molar-refractivity contribution < 1.29 is 4.74 Å². The summed E-state index contributed by atoms with van der Waals surface area (Å²) >= 11 is 6.32. The first-order chi connectivity index (χ1) is 11.6. The van der Waals surface area contributed by atoms with Gasteiger partial charge in [-0.2, -0.15) is 0 Å². The fourth-order valence-electron chi connectivity index (χ4n) is 3.71. The molecule has 1 aliphatic heterocycles. The molecule has 118 valence electrons. The van der Waals surface area contributed by atoms with Crippen LogP contribution in [0.25, 0.3) is 20.2 Å². The molecule has 0 unspecified atom stereocenters. The predicted molar refractivity (Wildman–Crippen MR) is 105 cm³/mol. The Morgan fingerprint density at radius 1 is 0.917 bits per heavy atom. The SMILES string of the molecule is CC1(C)c2cc(S)ccc2Oc2c1ccc1c2sc2ccccc21. The average Bonchev–Trinajstić information content (AvgIpc) is 2.95. The molecule has 1 aromatic heterocycles. The molecule has 4 aromatic rings. The number of hydrogen-bond acceptors (Lipinski definition) is 3. The van der Waals surface area contributed by atoms with Crippen molar-refractivity contribution in [3.05, 3.63) is 65.7 Å². The highest BCUT2D eigenvalue weighted by Gasteiger charge is 2.35. The number of thiophene rings is 1. The topological polar surface area (TPSA) is 9.23 Å². The molecular weight excluding hydrogens is 332 g/mol. The molecule has 0 fully saturated rings. The van der Waals surface area contributed by atoms with E-state index < -0.39 is 0 Å². The van der Waals surface area contributed by atoms with Gasteiger partial charge in [0.25, 0.3) is 0 Å². The zero-order valence-corrected chi connectivity index (χ0v) is 15.2. The second-order valence-corrected chi connectivity index (χ2v) is 8.39. The Labute approximate surface area is 150 Å². The van der Waals surface area contributed by atoms with Gasteiger partial charge in [0.1, 0.15) is 11.5 Å². The molecule has 0 N–H and O–H groups in total. The third kappa shape index (κ3) is 1.83. The average molecular weight is 348 g/mol. The van der Waals surface area contributed by atoms with Crippen molar-refractivity contribution >= 4 is 44.1 Å². The standard InChI is InChI=1S/C21H16OS2/c1-21(2)15-9-8-14-13-5-3-4-6-18(13)24-20(14)19(15)22-17-10-7-12(23)11-16(17)21/h3-11,23H,1-2H3. The van der Waals surface area contributed by atoms with E-state index in [9.17, 15) is 0 Å². The van der Waals surface area contributed by atoms with E-state index in [-0.39, 0.29) is 5.41 Å². The molecule has 1 aliphatic rings. The van der Waals surface area contributed by atoms with Crippen LogP contribution >= 0.6 is 24.0 Å². The molecule has 0 saturated carbocycles. The second kappa shape index (κ2) is 4.78. The first-order valence-electron chi connectivity index (χ1n) is 8.02. The summed E-state index contributed by atoms with van der Waals surface area (Å²) in [5.41, 5.74) is 2.34. The summed E-state index contributed by atoms with van der Waals surface area (Å²) < 4.78 is 8.93. The second-order valence-electron chi connectivity index (χ2n) is 6.82. The molecule has 0 amide bonds. The van der Waals surface area contributed by atoms with Gasteiger partial charge in [-0.25, -0.2) is 0 Å². The van der Waals surface area contributed by atoms with Crippen molar-refractivity contribution in [1.82, 2.24) is 0 Å². The third-order valence-electron chi connectivity index (χ3n) is 5.02. The van der Waals surface area contributed by atoms with E-state index in [0.717, 1.165) is 16.4 Å². The highest BCUT2D eigenvalue weighted by atomic mass is 32.1. The van der Waals surface area contributed by atoms with Gasteiger partial charge in [-0.3, -0.25) is 0 Å². The Morgan fingerprint density at radius 2 is 1.75 bits per heavy atom. The molecule has 24 heavy (non-hydrogen) atoms. The monoisotopic (exact) mass is 348 g/mol. The van der Waals surface area contributed by atoms with Crippen LogP contribution in [0.3, 0.4) is 0 Å². The maximum absolute atomic E-state index is 6.39. The highest BCUT2D eigenvalue weighted by molar-refractivity contribution is 7.80. The summed E-state index contributed by atoms with van der Waals surface area (Å²) in [4.78, 5) is 0.969. The number of ether oxygens (including phenoxy) is 1. The quantitative estimate of drug-likeness (QED) is 0.345. The fourth-order valence-corrected chi connectivity index (χ4v) is 5.10. The van der Waals surface area contributed by atoms with E-state index in [1.54, 1.807) is 0 Å². The molecular formula is C21H16OS2. The van der Waals surface area contributed by atoms with E-state index in [4.69, 9.17) is 4.74 Å². The largest absolute Gasteiger partial charge is 0.455 e. The van der Waals surface area contributed by atoms with Gasteiger partial charge in [-0.1, -0.05) is 44.2 Å². The van der Waals surface area contributed by atoms with Crippen LogP contribution in [0.1, 0.15) is 25.0 Å². The van der Waals surface area contributed by atoms with Gasteiger partial charge >= 0.3 is 0 Å². The Morgan fingerprint density at radius 3 is 2.62 bits per heavy atom. The Bertz CT molecular complexity index is 1120. The summed E-state index contributed by atoms with van der Waals surface area (Å²) in [6, 6.07) is 19.2. The first-order valence-corrected chi connectivity index (χ1v) is 9.28. The first kappa shape index (κ1) is 14.4. The molecule has 2 heterocycles. The number of rotatable bonds is 0. The van der Waals surface area contributed by atoms with Crippen molar-refractivity contribution in [2.24, 2.45) is 0 Å². The maximum Gasteiger partial charge on any atom is 0.149 e. The van der Waals surface area contributed by atoms with E-state index in [1.807, 2.05) is 23.5 Å². The molecule has 0 atom stereocenters. The van der Waals surface area contributed by atoms with Crippen LogP contribution in [-0.4, -0.2) is 0 Å². The summed E-state index contributed by atoms with van der Waals surface area (Å²) in [7, 11) is 0. The minimum absolute atomic E-state index is 0.105. The summed E-state index contributed by atoms with van der Waals surface area (Å²) in [6.45, 7) is 4.53. The van der Waals surface area contributed by atoms with Crippen molar-refractivity contribution in [3.8, 4) is 11.5 Å². The van der Waals surface area contributed by atoms with Gasteiger partial charge in [0.05, 0.1) is 4.70 Å². The van der Waals surface area contributed by atoms with Crippen molar-refractivity contribution in [2.75, 3.05) is 0 Å². The van der Waals surface area contributed by atoms with Crippen LogP contribution in [0.15, 0.2) is 59.5 Å². The zero-order chi connectivity index (χ0) is 16.5. The predicted octanol–water partition coefficient (Wildman–Crippen LogP) is 6.77. The number of fused-ring (bicyclic) bond motifs is 6. The molecule has 0 bridgehead atoms. The molecule has 5 rings (SSSR count). The fraction of sp³-hybridized carbons (Fsp3) is 0.143. The lowest BCUT2D eigenvalue weighted by Gasteiger charge is -2.34. The maximum atomic E-state index is 6.39. The molecule has 0 saturated heterocycles. The minimum atomic E-state index is -0.105. The zero-order valence-electron chi connectivity index (χ0n) is 13.5. The van der Waals surface area contributed by atoms with Crippen LogP contribution in [-0.2, 0) is 5.41 Å². The number of benzene rings is 3. The van der Waals surface area contributed by atoms with Crippen LogP contribution in [0.2, 0.25) is 0 Å². The van der Waals surface area contributed by atoms with Crippen molar-refractivity contribution in [1.29, 1.82) is 0 Å². The van der Waals surface area contributed by atoms with Gasteiger partial charge in [0.15, 0.2) is 0 Å². The third-order valence-corrected chi connectivity index (χ3v) is 6.49. The van der Waals surface area contributed by atoms with Gasteiger partial charge in [-0.05, 0) is 24.3 Å². The lowest BCUT2D eigenvalue weighted by atomic mass is 9.75. The van der Waals surface area contributed by atoms with Gasteiger partial charge in [-0.15, -0.1) is 24.0 Å². The van der Waals surface area contributed by atoms with E-state index in [0.29, 0.717) is 0 Å². The minimum Gasteiger partial charge on any atom is -0.455 e. The van der Waals surface area contributed by atoms with Gasteiger partial charge < -0.3 is 4.74 Å². The van der Waals surface area contributed by atoms with E-state index in [1.165, 1.54) is 31.3 Å². The van der Waals surface area contributed by atoms with E-state index >= 15 is 0 Å². The van der Waals surface area contributed by atoms with Gasteiger partial charge in [0, 0.05) is 36.9 Å². The molecule has 3 aromatic carbocycles. The molecule has 0 radical (unpaired) electrons. The van der Waals surface area contributed by atoms with Crippen molar-refractivity contribution in [2.45, 2.75) is 24.2 Å². The smallest absolute Gasteiger partial charge is 0.149 e. The summed E-state index contributed by atoms with van der Waals surface area (Å²) in [5, 5.41) is 2.58. The van der Waals surface area contributed by atoms with Gasteiger partial charge in [0.2, 0.25) is 0 Å². The summed E-state index contributed by atoms with van der Waals surface area (Å²) in [5.74, 6) is 1.95. The van der Waals surface area contributed by atoms with Crippen LogP contribution in [0, 0.1) is 0 Å². The Kier molecular flexibility index (Phi) is 2.86. The molecule has 3 heteroatoms. The molecule has 0 spiro atoms. The lowest BCUT2D eigenvalue weighted by molar-refractivity contribution is 0.423. The van der Waals surface area contributed by atoms with Crippen LogP contribution in [0.5, 0.6) is 11.5 Å². The number of hydrogen-bond donors (Lipinski definition) is 1. The van der Waals surface area contributed by atoms with E-state index in [2.05, 4.69) is 68.9 Å². The highest BCUT2D eigenvalue weighted by Crippen LogP contribution is 2.53. The van der Waals surface area contributed by atoms with Crippen LogP contribution in [0.4, 0.5) is 0 Å². The summed E-state index contributed by atoms with van der Waals surface area (Å²) in [6.07, 6.45) is 0. The normalized spacial score (nSPS) is 15.1. The Balaban J connectivity index is 1.87. The molecule has 1 nitrogen and oxygen atoms in total. The lowest BCUT2D eigenvalue weighted by Crippen LogP contribution is -2.24. The van der Waals surface area contributed by atoms with Crippen LogP contribution < -0.4 is 4.74 Å². The number of thiol groups is 1. The Hall–Kier alpha value is -1.97. The van der Waals surface area contributed by atoms with Crippen molar-refractivity contribution in [3.63, 3.8) is 0 Å². The molecule has 0 aliphatic carbocycles.